The first kappa shape index (κ1) is 20.3. The van der Waals surface area contributed by atoms with E-state index in [1.165, 1.54) is 0 Å². The standard InChI is InChI=1S/C6H14O4.C6H10O3/c7-1-3-9-5-6-10-4-2-8;1-4-8-9-6(7)5(2)3/h7-8H,1-6H2;2,4H2,1,3H3. The van der Waals surface area contributed by atoms with Gasteiger partial charge in [0.15, 0.2) is 0 Å². The van der Waals surface area contributed by atoms with Gasteiger partial charge in [-0.15, -0.1) is 0 Å². The monoisotopic (exact) mass is 280 g/mol. The van der Waals surface area contributed by atoms with E-state index in [0.29, 0.717) is 38.6 Å². The molecule has 0 aromatic heterocycles. The van der Waals surface area contributed by atoms with E-state index in [1.807, 2.05) is 0 Å². The molecule has 0 spiro atoms. The van der Waals surface area contributed by atoms with E-state index in [2.05, 4.69) is 16.4 Å². The van der Waals surface area contributed by atoms with Crippen molar-refractivity contribution in [2.75, 3.05) is 46.2 Å². The minimum Gasteiger partial charge on any atom is -0.394 e. The van der Waals surface area contributed by atoms with Crippen LogP contribution in [0.15, 0.2) is 12.2 Å². The first-order valence-electron chi connectivity index (χ1n) is 5.96. The highest BCUT2D eigenvalue weighted by Crippen LogP contribution is 1.91. The molecule has 0 aromatic carbocycles. The third kappa shape index (κ3) is 19.5. The Bertz CT molecular complexity index is 210. The molecule has 19 heavy (non-hydrogen) atoms. The maximum Gasteiger partial charge on any atom is 0.368 e. The van der Waals surface area contributed by atoms with E-state index < -0.39 is 5.97 Å². The third-order valence-electron chi connectivity index (χ3n) is 1.44. The summed E-state index contributed by atoms with van der Waals surface area (Å²) in [6, 6.07) is 0. The van der Waals surface area contributed by atoms with Crippen LogP contribution in [0, 0.1) is 0 Å². The van der Waals surface area contributed by atoms with Crippen molar-refractivity contribution in [2.45, 2.75) is 13.8 Å². The van der Waals surface area contributed by atoms with E-state index in [9.17, 15) is 4.79 Å². The lowest BCUT2D eigenvalue weighted by Crippen LogP contribution is -2.09. The van der Waals surface area contributed by atoms with Crippen molar-refractivity contribution in [1.29, 1.82) is 0 Å². The molecule has 0 aliphatic carbocycles. The first-order valence-corrected chi connectivity index (χ1v) is 5.96. The fourth-order valence-corrected chi connectivity index (χ4v) is 0.635. The molecule has 7 heteroatoms. The van der Waals surface area contributed by atoms with E-state index in [0.717, 1.165) is 0 Å². The fraction of sp³-hybridized carbons (Fsp3) is 0.750. The molecule has 7 nitrogen and oxygen atoms in total. The summed E-state index contributed by atoms with van der Waals surface area (Å²) in [5.74, 6) is -0.517. The van der Waals surface area contributed by atoms with Crippen LogP contribution in [0.5, 0.6) is 0 Å². The Hall–Kier alpha value is -0.990. The van der Waals surface area contributed by atoms with E-state index in [4.69, 9.17) is 19.7 Å². The normalized spacial score (nSPS) is 9.47. The minimum atomic E-state index is -0.517. The van der Waals surface area contributed by atoms with Crippen molar-refractivity contribution in [1.82, 2.24) is 0 Å². The Morgan fingerprint density at radius 1 is 1.05 bits per heavy atom. The summed E-state index contributed by atoms with van der Waals surface area (Å²) in [6.07, 6.45) is 0. The highest BCUT2D eigenvalue weighted by molar-refractivity contribution is 5.86. The highest BCUT2D eigenvalue weighted by Gasteiger charge is 2.01. The van der Waals surface area contributed by atoms with Crippen LogP contribution in [0.3, 0.4) is 0 Å². The summed E-state index contributed by atoms with van der Waals surface area (Å²) in [4.78, 5) is 19.0. The van der Waals surface area contributed by atoms with Gasteiger partial charge in [-0.2, -0.15) is 4.89 Å². The van der Waals surface area contributed by atoms with E-state index in [-0.39, 0.29) is 13.2 Å². The molecule has 0 aliphatic rings. The van der Waals surface area contributed by atoms with Gasteiger partial charge in [0, 0.05) is 5.57 Å². The van der Waals surface area contributed by atoms with Crippen LogP contribution in [-0.4, -0.2) is 62.4 Å². The predicted octanol–water partition coefficient (Wildman–Crippen LogP) is 0.0614. The van der Waals surface area contributed by atoms with Gasteiger partial charge >= 0.3 is 5.97 Å². The lowest BCUT2D eigenvalue weighted by molar-refractivity contribution is -0.265. The summed E-state index contributed by atoms with van der Waals surface area (Å²) in [5.41, 5.74) is 0.337. The van der Waals surface area contributed by atoms with Crippen LogP contribution < -0.4 is 0 Å². The number of hydrogen-bond acceptors (Lipinski definition) is 7. The lowest BCUT2D eigenvalue weighted by Gasteiger charge is -2.01. The molecule has 0 amide bonds. The van der Waals surface area contributed by atoms with Crippen molar-refractivity contribution < 1.29 is 34.3 Å². The van der Waals surface area contributed by atoms with Gasteiger partial charge in [0.05, 0.1) is 46.2 Å². The number of ether oxygens (including phenoxy) is 2. The summed E-state index contributed by atoms with van der Waals surface area (Å²) >= 11 is 0. The molecular weight excluding hydrogens is 256 g/mol. The largest absolute Gasteiger partial charge is 0.394 e. The molecule has 0 aliphatic heterocycles. The number of rotatable bonds is 10. The Morgan fingerprint density at radius 3 is 1.84 bits per heavy atom. The first-order chi connectivity index (χ1) is 9.09. The topological polar surface area (TPSA) is 94.5 Å². The maximum atomic E-state index is 10.5. The van der Waals surface area contributed by atoms with Crippen LogP contribution in [-0.2, 0) is 24.0 Å². The van der Waals surface area contributed by atoms with Gasteiger partial charge in [-0.3, -0.25) is 4.89 Å². The predicted molar refractivity (Wildman–Crippen MR) is 68.3 cm³/mol. The number of carbonyl (C=O) groups is 1. The zero-order chi connectivity index (χ0) is 14.9. The zero-order valence-corrected chi connectivity index (χ0v) is 11.6. The third-order valence-corrected chi connectivity index (χ3v) is 1.44. The van der Waals surface area contributed by atoms with Crippen molar-refractivity contribution in [3.05, 3.63) is 12.2 Å². The molecule has 0 bridgehead atoms. The van der Waals surface area contributed by atoms with Crippen LogP contribution >= 0.6 is 0 Å². The van der Waals surface area contributed by atoms with Gasteiger partial charge in [-0.05, 0) is 13.8 Å². The Morgan fingerprint density at radius 2 is 1.53 bits per heavy atom. The average molecular weight is 280 g/mol. The van der Waals surface area contributed by atoms with Gasteiger partial charge < -0.3 is 19.7 Å². The molecule has 0 heterocycles. The Balaban J connectivity index is 0. The molecule has 0 radical (unpaired) electrons. The number of aliphatic hydroxyl groups is 2. The second-order valence-electron chi connectivity index (χ2n) is 3.23. The summed E-state index contributed by atoms with van der Waals surface area (Å²) < 4.78 is 9.75. The Labute approximate surface area is 113 Å². The van der Waals surface area contributed by atoms with E-state index in [1.54, 1.807) is 13.8 Å². The van der Waals surface area contributed by atoms with Crippen molar-refractivity contribution in [2.24, 2.45) is 0 Å². The maximum absolute atomic E-state index is 10.5. The molecule has 0 saturated carbocycles. The quantitative estimate of drug-likeness (QED) is 0.253. The molecule has 0 aromatic rings. The molecule has 2 N–H and O–H groups in total. The van der Waals surface area contributed by atoms with Gasteiger partial charge in [-0.1, -0.05) is 6.58 Å². The second kappa shape index (κ2) is 17.0. The number of aliphatic hydroxyl groups excluding tert-OH is 2. The number of carbonyl (C=O) groups excluding carboxylic acids is 1. The van der Waals surface area contributed by atoms with Crippen LogP contribution in [0.2, 0.25) is 0 Å². The molecule has 0 atom stereocenters. The SMILES string of the molecule is C=C(C)C(=O)OOCC.OCCOCCOCCO. The number of hydrogen-bond donors (Lipinski definition) is 2. The molecule has 0 rings (SSSR count). The van der Waals surface area contributed by atoms with Crippen LogP contribution in [0.25, 0.3) is 0 Å². The lowest BCUT2D eigenvalue weighted by atomic mass is 10.4. The summed E-state index contributed by atoms with van der Waals surface area (Å²) in [5, 5.41) is 16.5. The Kier molecular flexibility index (Phi) is 18.2. The average Bonchev–Trinajstić information content (AvgIpc) is 2.40. The molecule has 0 saturated heterocycles. The minimum absolute atomic E-state index is 0.0417. The molecule has 0 fully saturated rings. The van der Waals surface area contributed by atoms with Crippen molar-refractivity contribution in [3.8, 4) is 0 Å². The van der Waals surface area contributed by atoms with Gasteiger partial charge in [0.25, 0.3) is 0 Å². The highest BCUT2D eigenvalue weighted by atomic mass is 17.2. The molecule has 114 valence electrons. The summed E-state index contributed by atoms with van der Waals surface area (Å²) in [6.45, 7) is 8.73. The van der Waals surface area contributed by atoms with Crippen LogP contribution in [0.4, 0.5) is 0 Å². The van der Waals surface area contributed by atoms with Crippen molar-refractivity contribution >= 4 is 5.97 Å². The second-order valence-corrected chi connectivity index (χ2v) is 3.23. The van der Waals surface area contributed by atoms with Crippen molar-refractivity contribution in [3.63, 3.8) is 0 Å². The van der Waals surface area contributed by atoms with Gasteiger partial charge in [-0.25, -0.2) is 4.79 Å². The summed E-state index contributed by atoms with van der Waals surface area (Å²) in [7, 11) is 0. The smallest absolute Gasteiger partial charge is 0.368 e. The van der Waals surface area contributed by atoms with Gasteiger partial charge in [0.1, 0.15) is 0 Å². The van der Waals surface area contributed by atoms with E-state index >= 15 is 0 Å². The zero-order valence-electron chi connectivity index (χ0n) is 11.6. The van der Waals surface area contributed by atoms with Crippen LogP contribution in [0.1, 0.15) is 13.8 Å². The molecular formula is C12H24O7. The molecule has 0 unspecified atom stereocenters. The van der Waals surface area contributed by atoms with Gasteiger partial charge in [0.2, 0.25) is 0 Å². The fourth-order valence-electron chi connectivity index (χ4n) is 0.635.